The highest BCUT2D eigenvalue weighted by molar-refractivity contribution is 6.12. The lowest BCUT2D eigenvalue weighted by Gasteiger charge is -2.25. The quantitative estimate of drug-likeness (QED) is 0.170. The van der Waals surface area contributed by atoms with Crippen LogP contribution in [0.3, 0.4) is 0 Å². The van der Waals surface area contributed by atoms with Gasteiger partial charge in [-0.25, -0.2) is 19.3 Å². The largest absolute Gasteiger partial charge is 0.456 e. The molecule has 0 aliphatic carbocycles. The van der Waals surface area contributed by atoms with Crippen LogP contribution in [0.2, 0.25) is 0 Å². The highest BCUT2D eigenvalue weighted by Crippen LogP contribution is 2.41. The van der Waals surface area contributed by atoms with Gasteiger partial charge in [-0.3, -0.25) is 0 Å². The molecule has 0 saturated carbocycles. The van der Waals surface area contributed by atoms with E-state index in [1.807, 2.05) is 72.8 Å². The third kappa shape index (κ3) is 5.79. The second kappa shape index (κ2) is 12.8. The minimum Gasteiger partial charge on any atom is -0.456 e. The number of fused-ring (bicyclic) bond motifs is 3. The van der Waals surface area contributed by atoms with Crippen molar-refractivity contribution in [2.75, 3.05) is 4.90 Å². The number of aromatic nitrogens is 3. The van der Waals surface area contributed by atoms with E-state index in [1.54, 1.807) is 12.1 Å². The van der Waals surface area contributed by atoms with E-state index in [-0.39, 0.29) is 5.82 Å². The maximum absolute atomic E-state index is 13.9. The molecule has 0 amide bonds. The SMILES string of the molecule is Fc1ccc(-c2nc(-c3ccccc3)nc(-c3cccc4oc5cc(N(c6ccccc6)c6ccc(-c7ccccc7)cc6)ccc5c34)n2)cc1. The molecule has 0 fully saturated rings. The van der Waals surface area contributed by atoms with Crippen LogP contribution in [0, 0.1) is 5.82 Å². The Balaban J connectivity index is 1.18. The molecule has 0 saturated heterocycles. The van der Waals surface area contributed by atoms with Crippen molar-refractivity contribution in [3.05, 3.63) is 182 Å². The van der Waals surface area contributed by atoms with E-state index in [0.717, 1.165) is 55.7 Å². The summed E-state index contributed by atoms with van der Waals surface area (Å²) in [7, 11) is 0. The summed E-state index contributed by atoms with van der Waals surface area (Å²) in [6.45, 7) is 0. The molecule has 0 atom stereocenters. The third-order valence-corrected chi connectivity index (χ3v) is 9.00. The summed E-state index contributed by atoms with van der Waals surface area (Å²) >= 11 is 0. The van der Waals surface area contributed by atoms with Gasteiger partial charge in [-0.15, -0.1) is 0 Å². The van der Waals surface area contributed by atoms with Crippen LogP contribution in [-0.2, 0) is 0 Å². The monoisotopic (exact) mass is 660 g/mol. The number of furan rings is 1. The fraction of sp³-hybridized carbons (Fsp3) is 0. The predicted molar refractivity (Wildman–Crippen MR) is 203 cm³/mol. The van der Waals surface area contributed by atoms with Crippen molar-refractivity contribution in [1.29, 1.82) is 0 Å². The van der Waals surface area contributed by atoms with E-state index in [2.05, 4.69) is 83.8 Å². The molecule has 2 aromatic heterocycles. The van der Waals surface area contributed by atoms with Crippen molar-refractivity contribution >= 4 is 39.0 Å². The summed E-state index contributed by atoms with van der Waals surface area (Å²) in [4.78, 5) is 16.9. The van der Waals surface area contributed by atoms with Crippen LogP contribution in [0.4, 0.5) is 21.5 Å². The number of hydrogen-bond donors (Lipinski definition) is 0. The summed E-state index contributed by atoms with van der Waals surface area (Å²) in [6.07, 6.45) is 0. The van der Waals surface area contributed by atoms with Gasteiger partial charge in [0.2, 0.25) is 0 Å². The topological polar surface area (TPSA) is 55.1 Å². The molecule has 6 heteroatoms. The van der Waals surface area contributed by atoms with Crippen LogP contribution >= 0.6 is 0 Å². The summed E-state index contributed by atoms with van der Waals surface area (Å²) in [6, 6.07) is 57.6. The first-order valence-electron chi connectivity index (χ1n) is 16.7. The minimum atomic E-state index is -0.319. The van der Waals surface area contributed by atoms with Gasteiger partial charge >= 0.3 is 0 Å². The Morgan fingerprint density at radius 2 is 0.941 bits per heavy atom. The number of halogens is 1. The Bertz CT molecular complexity index is 2620. The first-order chi connectivity index (χ1) is 25.2. The van der Waals surface area contributed by atoms with E-state index >= 15 is 0 Å². The lowest BCUT2D eigenvalue weighted by Crippen LogP contribution is -2.09. The molecule has 0 bridgehead atoms. The summed E-state index contributed by atoms with van der Waals surface area (Å²) in [5, 5.41) is 1.86. The summed E-state index contributed by atoms with van der Waals surface area (Å²) in [5.41, 5.74) is 9.20. The second-order valence-electron chi connectivity index (χ2n) is 12.2. The Kier molecular flexibility index (Phi) is 7.59. The van der Waals surface area contributed by atoms with Crippen LogP contribution in [0.1, 0.15) is 0 Å². The number of para-hydroxylation sites is 1. The third-order valence-electron chi connectivity index (χ3n) is 9.00. The molecule has 242 valence electrons. The average molecular weight is 661 g/mol. The molecule has 0 aliphatic heterocycles. The molecule has 0 N–H and O–H groups in total. The zero-order valence-electron chi connectivity index (χ0n) is 27.3. The molecule has 2 heterocycles. The van der Waals surface area contributed by atoms with Gasteiger partial charge < -0.3 is 9.32 Å². The molecule has 0 aliphatic rings. The van der Waals surface area contributed by atoms with Crippen LogP contribution in [-0.4, -0.2) is 15.0 Å². The van der Waals surface area contributed by atoms with Gasteiger partial charge in [-0.1, -0.05) is 103 Å². The van der Waals surface area contributed by atoms with Crippen molar-refractivity contribution in [2.24, 2.45) is 0 Å². The predicted octanol–water partition coefficient (Wildman–Crippen LogP) is 12.0. The van der Waals surface area contributed by atoms with Crippen molar-refractivity contribution in [3.63, 3.8) is 0 Å². The molecular weight excluding hydrogens is 632 g/mol. The first-order valence-corrected chi connectivity index (χ1v) is 16.7. The lowest BCUT2D eigenvalue weighted by molar-refractivity contribution is 0.628. The number of benzene rings is 7. The van der Waals surface area contributed by atoms with E-state index in [9.17, 15) is 4.39 Å². The first kappa shape index (κ1) is 30.2. The molecule has 7 aromatic carbocycles. The molecular formula is C45H29FN4O. The molecule has 5 nitrogen and oxygen atoms in total. The maximum Gasteiger partial charge on any atom is 0.164 e. The molecule has 51 heavy (non-hydrogen) atoms. The van der Waals surface area contributed by atoms with Crippen molar-refractivity contribution in [1.82, 2.24) is 15.0 Å². The number of nitrogens with zero attached hydrogens (tertiary/aromatic N) is 4. The van der Waals surface area contributed by atoms with Gasteiger partial charge in [-0.05, 0) is 77.9 Å². The Morgan fingerprint density at radius 1 is 0.412 bits per heavy atom. The highest BCUT2D eigenvalue weighted by atomic mass is 19.1. The average Bonchev–Trinajstić information content (AvgIpc) is 3.58. The lowest BCUT2D eigenvalue weighted by atomic mass is 10.0. The van der Waals surface area contributed by atoms with Crippen LogP contribution in [0.5, 0.6) is 0 Å². The highest BCUT2D eigenvalue weighted by Gasteiger charge is 2.20. The zero-order valence-corrected chi connectivity index (χ0v) is 27.3. The Morgan fingerprint density at radius 3 is 1.63 bits per heavy atom. The van der Waals surface area contributed by atoms with Gasteiger partial charge in [-0.2, -0.15) is 0 Å². The van der Waals surface area contributed by atoms with Gasteiger partial charge in [0.05, 0.1) is 0 Å². The molecule has 0 unspecified atom stereocenters. The normalized spacial score (nSPS) is 11.2. The summed E-state index contributed by atoms with van der Waals surface area (Å²) < 4.78 is 20.4. The molecule has 9 aromatic rings. The van der Waals surface area contributed by atoms with Gasteiger partial charge in [0.15, 0.2) is 17.5 Å². The van der Waals surface area contributed by atoms with E-state index in [0.29, 0.717) is 23.0 Å². The van der Waals surface area contributed by atoms with Crippen LogP contribution in [0.15, 0.2) is 180 Å². The molecule has 0 radical (unpaired) electrons. The van der Waals surface area contributed by atoms with Crippen molar-refractivity contribution in [2.45, 2.75) is 0 Å². The van der Waals surface area contributed by atoms with Crippen LogP contribution in [0.25, 0.3) is 67.2 Å². The minimum absolute atomic E-state index is 0.319. The molecule has 0 spiro atoms. The Hall–Kier alpha value is -6.92. The van der Waals surface area contributed by atoms with Gasteiger partial charge in [0, 0.05) is 50.6 Å². The van der Waals surface area contributed by atoms with Crippen molar-refractivity contribution in [3.8, 4) is 45.3 Å². The van der Waals surface area contributed by atoms with Gasteiger partial charge in [0.1, 0.15) is 17.0 Å². The fourth-order valence-electron chi connectivity index (χ4n) is 6.54. The van der Waals surface area contributed by atoms with E-state index in [1.165, 1.54) is 17.7 Å². The maximum atomic E-state index is 13.9. The fourth-order valence-corrected chi connectivity index (χ4v) is 6.54. The standard InChI is InChI=1S/C45H29FN4O/c46-34-23-19-33(20-24-34)44-47-43(32-13-6-2-7-14-32)48-45(49-44)39-17-10-18-40-42(39)38-28-27-37(29-41(38)51-40)50(35-15-8-3-9-16-35)36-25-21-31(22-26-36)30-11-4-1-5-12-30/h1-29H. The molecule has 9 rings (SSSR count). The second-order valence-corrected chi connectivity index (χ2v) is 12.2. The van der Waals surface area contributed by atoms with Crippen molar-refractivity contribution < 1.29 is 8.81 Å². The number of anilines is 3. The zero-order chi connectivity index (χ0) is 34.1. The van der Waals surface area contributed by atoms with E-state index < -0.39 is 0 Å². The van der Waals surface area contributed by atoms with Gasteiger partial charge in [0.25, 0.3) is 0 Å². The number of rotatable bonds is 7. The summed E-state index contributed by atoms with van der Waals surface area (Å²) in [5.74, 6) is 1.18. The Labute approximate surface area is 294 Å². The van der Waals surface area contributed by atoms with E-state index in [4.69, 9.17) is 19.4 Å². The number of hydrogen-bond acceptors (Lipinski definition) is 5. The van der Waals surface area contributed by atoms with Crippen LogP contribution < -0.4 is 4.90 Å². The smallest absolute Gasteiger partial charge is 0.164 e.